The first kappa shape index (κ1) is 11.0. The van der Waals surface area contributed by atoms with E-state index in [0.29, 0.717) is 0 Å². The fraction of sp³-hybridized carbons (Fsp3) is 0.538. The van der Waals surface area contributed by atoms with Crippen LogP contribution in [0.15, 0.2) is 36.5 Å². The summed E-state index contributed by atoms with van der Waals surface area (Å²) in [6.07, 6.45) is 17.0. The third kappa shape index (κ3) is 2.03. The van der Waals surface area contributed by atoms with Crippen molar-refractivity contribution in [2.45, 2.75) is 37.5 Å². The van der Waals surface area contributed by atoms with Gasteiger partial charge in [-0.3, -0.25) is 0 Å². The van der Waals surface area contributed by atoms with Crippen molar-refractivity contribution < 1.29 is 4.57 Å². The topological polar surface area (TPSA) is 17.1 Å². The summed E-state index contributed by atoms with van der Waals surface area (Å²) >= 11 is 0. The smallest absolute Gasteiger partial charge is 0.108 e. The van der Waals surface area contributed by atoms with Crippen LogP contribution in [0.5, 0.6) is 0 Å². The predicted octanol–water partition coefficient (Wildman–Crippen LogP) is 3.97. The van der Waals surface area contributed by atoms with Gasteiger partial charge in [-0.05, 0) is 6.42 Å². The van der Waals surface area contributed by atoms with Crippen LogP contribution in [0.2, 0.25) is 0 Å². The number of allylic oxidation sites excluding steroid dienone is 6. The second-order valence-electron chi connectivity index (χ2n) is 4.42. The van der Waals surface area contributed by atoms with Crippen LogP contribution < -0.4 is 0 Å². The highest BCUT2D eigenvalue weighted by Crippen LogP contribution is 2.62. The maximum absolute atomic E-state index is 12.9. The van der Waals surface area contributed by atoms with Crippen molar-refractivity contribution in [1.29, 1.82) is 0 Å². The zero-order chi connectivity index (χ0) is 10.7. The highest BCUT2D eigenvalue weighted by molar-refractivity contribution is 7.66. The molecule has 0 aliphatic carbocycles. The SMILES string of the molecule is CCCCCP1(=O)C2C=CC=CC1C=C2. The lowest BCUT2D eigenvalue weighted by Crippen LogP contribution is -2.08. The molecule has 2 aliphatic rings. The minimum absolute atomic E-state index is 0.217. The van der Waals surface area contributed by atoms with Crippen molar-refractivity contribution in [3.63, 3.8) is 0 Å². The Labute approximate surface area is 92.3 Å². The molecule has 0 saturated heterocycles. The van der Waals surface area contributed by atoms with Crippen molar-refractivity contribution in [2.24, 2.45) is 0 Å². The first-order chi connectivity index (χ1) is 7.27. The van der Waals surface area contributed by atoms with Crippen LogP contribution in [-0.4, -0.2) is 17.5 Å². The Bertz CT molecular complexity index is 326. The lowest BCUT2D eigenvalue weighted by molar-refractivity contribution is 0.570. The van der Waals surface area contributed by atoms with Gasteiger partial charge in [-0.1, -0.05) is 56.2 Å². The predicted molar refractivity (Wildman–Crippen MR) is 67.0 cm³/mol. The lowest BCUT2D eigenvalue weighted by Gasteiger charge is -2.21. The average molecular weight is 222 g/mol. The van der Waals surface area contributed by atoms with Crippen molar-refractivity contribution in [3.8, 4) is 0 Å². The Balaban J connectivity index is 2.11. The second kappa shape index (κ2) is 4.53. The van der Waals surface area contributed by atoms with E-state index in [9.17, 15) is 4.57 Å². The van der Waals surface area contributed by atoms with E-state index in [1.54, 1.807) is 0 Å². The van der Waals surface area contributed by atoms with E-state index >= 15 is 0 Å². The molecule has 2 heterocycles. The summed E-state index contributed by atoms with van der Waals surface area (Å²) in [5.74, 6) is 0. The molecule has 0 N–H and O–H groups in total. The number of fused-ring (bicyclic) bond motifs is 2. The Kier molecular flexibility index (Phi) is 3.31. The first-order valence-corrected chi connectivity index (χ1v) is 7.92. The summed E-state index contributed by atoms with van der Waals surface area (Å²) in [7, 11) is -2.04. The van der Waals surface area contributed by atoms with E-state index in [-0.39, 0.29) is 11.3 Å². The lowest BCUT2D eigenvalue weighted by atomic mass is 10.2. The van der Waals surface area contributed by atoms with Crippen molar-refractivity contribution in [1.82, 2.24) is 0 Å². The summed E-state index contributed by atoms with van der Waals surface area (Å²) in [6.45, 7) is 2.19. The number of hydrogen-bond acceptors (Lipinski definition) is 1. The van der Waals surface area contributed by atoms with Gasteiger partial charge in [-0.2, -0.15) is 0 Å². The summed E-state index contributed by atoms with van der Waals surface area (Å²) in [4.78, 5) is 0. The van der Waals surface area contributed by atoms with E-state index in [2.05, 4.69) is 31.2 Å². The fourth-order valence-corrected chi connectivity index (χ4v) is 5.68. The molecule has 2 unspecified atom stereocenters. The molecule has 0 saturated carbocycles. The van der Waals surface area contributed by atoms with Crippen molar-refractivity contribution in [3.05, 3.63) is 36.5 Å². The summed E-state index contributed by atoms with van der Waals surface area (Å²) in [5, 5.41) is 0. The van der Waals surface area contributed by atoms with E-state index < -0.39 is 7.14 Å². The van der Waals surface area contributed by atoms with Crippen LogP contribution in [0.4, 0.5) is 0 Å². The Hall–Kier alpha value is -0.550. The third-order valence-corrected chi connectivity index (χ3v) is 7.08. The molecule has 1 nitrogen and oxygen atoms in total. The molecule has 0 radical (unpaired) electrons. The highest BCUT2D eigenvalue weighted by atomic mass is 31.2. The van der Waals surface area contributed by atoms with Gasteiger partial charge in [0.15, 0.2) is 0 Å². The molecule has 82 valence electrons. The maximum Gasteiger partial charge on any atom is 0.108 e. The third-order valence-electron chi connectivity index (χ3n) is 3.35. The van der Waals surface area contributed by atoms with Gasteiger partial charge < -0.3 is 4.57 Å². The normalized spacial score (nSPS) is 37.1. The van der Waals surface area contributed by atoms with Gasteiger partial charge in [0.2, 0.25) is 0 Å². The maximum atomic E-state index is 12.9. The van der Waals surface area contributed by atoms with Crippen molar-refractivity contribution in [2.75, 3.05) is 6.16 Å². The molecule has 0 fully saturated rings. The van der Waals surface area contributed by atoms with E-state index in [0.717, 1.165) is 12.6 Å². The van der Waals surface area contributed by atoms with Gasteiger partial charge in [-0.15, -0.1) is 0 Å². The second-order valence-corrected chi connectivity index (χ2v) is 7.77. The molecule has 0 aromatic rings. The quantitative estimate of drug-likeness (QED) is 0.399. The molecular weight excluding hydrogens is 203 g/mol. The molecule has 2 heteroatoms. The van der Waals surface area contributed by atoms with E-state index in [1.807, 2.05) is 12.2 Å². The molecule has 2 aliphatic heterocycles. The van der Waals surface area contributed by atoms with Gasteiger partial charge >= 0.3 is 0 Å². The molecule has 0 aromatic carbocycles. The molecule has 0 spiro atoms. The highest BCUT2D eigenvalue weighted by Gasteiger charge is 2.39. The summed E-state index contributed by atoms with van der Waals surface area (Å²) < 4.78 is 12.9. The van der Waals surface area contributed by atoms with Crippen molar-refractivity contribution >= 4 is 7.14 Å². The zero-order valence-corrected chi connectivity index (χ0v) is 10.2. The van der Waals surface area contributed by atoms with Crippen LogP contribution in [-0.2, 0) is 4.57 Å². The molecule has 2 bridgehead atoms. The zero-order valence-electron chi connectivity index (χ0n) is 9.30. The van der Waals surface area contributed by atoms with Crippen LogP contribution in [0.3, 0.4) is 0 Å². The van der Waals surface area contributed by atoms with Gasteiger partial charge in [0.1, 0.15) is 7.14 Å². The summed E-state index contributed by atoms with van der Waals surface area (Å²) in [5.41, 5.74) is 0.434. The minimum atomic E-state index is -2.04. The Morgan fingerprint density at radius 2 is 1.60 bits per heavy atom. The number of hydrogen-bond donors (Lipinski definition) is 0. The molecule has 2 atom stereocenters. The average Bonchev–Trinajstić information content (AvgIpc) is 2.37. The first-order valence-electron chi connectivity index (χ1n) is 5.89. The Morgan fingerprint density at radius 3 is 2.13 bits per heavy atom. The standard InChI is InChI=1S/C13H19OP/c1-2-3-6-11-15(14)12-7-4-5-8-13(15)10-9-12/h4-5,7-10,12-13H,2-3,6,11H2,1H3. The fourth-order valence-electron chi connectivity index (χ4n) is 2.40. The molecule has 0 amide bonds. The van der Waals surface area contributed by atoms with Crippen LogP contribution in [0, 0.1) is 0 Å². The van der Waals surface area contributed by atoms with Crippen LogP contribution in [0.1, 0.15) is 26.2 Å². The van der Waals surface area contributed by atoms with E-state index in [4.69, 9.17) is 0 Å². The molecule has 2 rings (SSSR count). The molecule has 15 heavy (non-hydrogen) atoms. The van der Waals surface area contributed by atoms with Gasteiger partial charge in [0.05, 0.1) is 0 Å². The van der Waals surface area contributed by atoms with Gasteiger partial charge in [-0.25, -0.2) is 0 Å². The monoisotopic (exact) mass is 222 g/mol. The Morgan fingerprint density at radius 1 is 1.00 bits per heavy atom. The minimum Gasteiger partial charge on any atom is -0.322 e. The molecular formula is C13H19OP. The van der Waals surface area contributed by atoms with Crippen LogP contribution in [0.25, 0.3) is 0 Å². The van der Waals surface area contributed by atoms with E-state index in [1.165, 1.54) is 12.8 Å². The number of rotatable bonds is 4. The molecule has 0 aromatic heterocycles. The van der Waals surface area contributed by atoms with Crippen LogP contribution >= 0.6 is 7.14 Å². The summed E-state index contributed by atoms with van der Waals surface area (Å²) in [6, 6.07) is 0. The largest absolute Gasteiger partial charge is 0.322 e. The van der Waals surface area contributed by atoms with Gasteiger partial charge in [0, 0.05) is 17.5 Å². The number of unbranched alkanes of at least 4 members (excludes halogenated alkanes) is 2. The van der Waals surface area contributed by atoms with Gasteiger partial charge in [0.25, 0.3) is 0 Å².